The molecule has 0 aliphatic carbocycles. The third-order valence-corrected chi connectivity index (χ3v) is 3.26. The summed E-state index contributed by atoms with van der Waals surface area (Å²) in [5, 5.41) is 9.30. The van der Waals surface area contributed by atoms with Gasteiger partial charge in [-0.1, -0.05) is 0 Å². The number of hydrogen-bond donors (Lipinski definition) is 1. The van der Waals surface area contributed by atoms with Crippen LogP contribution in [0.5, 0.6) is 0 Å². The number of rotatable bonds is 2. The number of anilines is 1. The first-order valence-corrected chi connectivity index (χ1v) is 5.58. The highest BCUT2D eigenvalue weighted by atomic mass is 32.1. The number of halogens is 3. The van der Waals surface area contributed by atoms with Crippen LogP contribution < -0.4 is 4.90 Å². The van der Waals surface area contributed by atoms with E-state index in [0.29, 0.717) is 6.54 Å². The molecule has 1 aromatic heterocycles. The molecule has 90 valence electrons. The minimum absolute atomic E-state index is 0.0685. The molecule has 0 bridgehead atoms. The normalized spacial score (nSPS) is 21.8. The summed E-state index contributed by atoms with van der Waals surface area (Å²) in [5.41, 5.74) is 0. The summed E-state index contributed by atoms with van der Waals surface area (Å²) in [6.07, 6.45) is -2.87. The van der Waals surface area contributed by atoms with Crippen molar-refractivity contribution in [3.05, 3.63) is 5.82 Å². The van der Waals surface area contributed by atoms with E-state index in [9.17, 15) is 13.2 Å². The zero-order chi connectivity index (χ0) is 11.8. The van der Waals surface area contributed by atoms with Gasteiger partial charge in [-0.2, -0.15) is 22.5 Å². The molecule has 4 nitrogen and oxygen atoms in total. The SMILES string of the molecule is OCC1CCCN1c1nc(C(F)(F)F)ns1. The van der Waals surface area contributed by atoms with Crippen LogP contribution in [0, 0.1) is 0 Å². The van der Waals surface area contributed by atoms with Gasteiger partial charge in [0.1, 0.15) is 0 Å². The second kappa shape index (κ2) is 4.17. The van der Waals surface area contributed by atoms with Crippen molar-refractivity contribution in [1.29, 1.82) is 0 Å². The maximum atomic E-state index is 12.3. The molecule has 1 aliphatic rings. The molecule has 2 heterocycles. The lowest BCUT2D eigenvalue weighted by Gasteiger charge is -2.21. The molecule has 0 spiro atoms. The molecule has 1 unspecified atom stereocenters. The zero-order valence-electron chi connectivity index (χ0n) is 8.24. The summed E-state index contributed by atoms with van der Waals surface area (Å²) in [6, 6.07) is -0.131. The van der Waals surface area contributed by atoms with Crippen molar-refractivity contribution in [3.63, 3.8) is 0 Å². The van der Waals surface area contributed by atoms with Gasteiger partial charge in [-0.15, -0.1) is 0 Å². The molecule has 8 heteroatoms. The number of hydrogen-bond acceptors (Lipinski definition) is 5. The highest BCUT2D eigenvalue weighted by molar-refractivity contribution is 7.09. The minimum Gasteiger partial charge on any atom is -0.394 e. The van der Waals surface area contributed by atoms with Crippen LogP contribution >= 0.6 is 11.5 Å². The monoisotopic (exact) mass is 253 g/mol. The molecule has 1 N–H and O–H groups in total. The lowest BCUT2D eigenvalue weighted by Crippen LogP contribution is -2.32. The first-order chi connectivity index (χ1) is 7.52. The molecular weight excluding hydrogens is 243 g/mol. The Morgan fingerprint density at radius 2 is 2.25 bits per heavy atom. The quantitative estimate of drug-likeness (QED) is 0.868. The van der Waals surface area contributed by atoms with E-state index in [-0.39, 0.29) is 17.8 Å². The molecule has 16 heavy (non-hydrogen) atoms. The summed E-state index contributed by atoms with van der Waals surface area (Å²) in [6.45, 7) is 0.554. The molecule has 0 amide bonds. The fourth-order valence-corrected chi connectivity index (χ4v) is 2.51. The van der Waals surface area contributed by atoms with Crippen LogP contribution in [-0.4, -0.2) is 33.7 Å². The predicted octanol–water partition coefficient (Wildman–Crippen LogP) is 1.52. The van der Waals surface area contributed by atoms with Crippen molar-refractivity contribution in [2.75, 3.05) is 18.1 Å². The smallest absolute Gasteiger partial charge is 0.394 e. The molecule has 1 atom stereocenters. The van der Waals surface area contributed by atoms with Gasteiger partial charge in [0.25, 0.3) is 0 Å². The first kappa shape index (κ1) is 11.6. The van der Waals surface area contributed by atoms with E-state index in [1.165, 1.54) is 0 Å². The molecular formula is C8H10F3N3OS. The van der Waals surface area contributed by atoms with Gasteiger partial charge < -0.3 is 10.0 Å². The van der Waals surface area contributed by atoms with E-state index < -0.39 is 12.0 Å². The summed E-state index contributed by atoms with van der Waals surface area (Å²) in [5.74, 6) is -1.10. The van der Waals surface area contributed by atoms with Crippen molar-refractivity contribution < 1.29 is 18.3 Å². The summed E-state index contributed by atoms with van der Waals surface area (Å²) in [4.78, 5) is 5.15. The topological polar surface area (TPSA) is 49.2 Å². The van der Waals surface area contributed by atoms with Gasteiger partial charge in [-0.05, 0) is 12.8 Å². The van der Waals surface area contributed by atoms with Gasteiger partial charge >= 0.3 is 6.18 Å². The van der Waals surface area contributed by atoms with E-state index in [0.717, 1.165) is 24.4 Å². The first-order valence-electron chi connectivity index (χ1n) is 4.81. The largest absolute Gasteiger partial charge is 0.452 e. The van der Waals surface area contributed by atoms with Crippen LogP contribution in [-0.2, 0) is 6.18 Å². The molecule has 0 saturated carbocycles. The number of alkyl halides is 3. The fraction of sp³-hybridized carbons (Fsp3) is 0.750. The molecule has 1 aromatic rings. The van der Waals surface area contributed by atoms with Crippen LogP contribution in [0.15, 0.2) is 0 Å². The standard InChI is InChI=1S/C8H10F3N3OS/c9-8(10,11)6-12-7(16-13-6)14-3-1-2-5(14)4-15/h5,15H,1-4H2. The minimum atomic E-state index is -4.50. The van der Waals surface area contributed by atoms with Gasteiger partial charge in [-0.3, -0.25) is 0 Å². The third-order valence-electron chi connectivity index (χ3n) is 2.50. The summed E-state index contributed by atoms with van der Waals surface area (Å²) < 4.78 is 40.1. The molecule has 1 saturated heterocycles. The molecule has 0 aromatic carbocycles. The van der Waals surface area contributed by atoms with Gasteiger partial charge in [0.15, 0.2) is 0 Å². The highest BCUT2D eigenvalue weighted by Gasteiger charge is 2.37. The molecule has 1 fully saturated rings. The maximum Gasteiger partial charge on any atom is 0.452 e. The van der Waals surface area contributed by atoms with E-state index in [1.54, 1.807) is 4.90 Å². The van der Waals surface area contributed by atoms with Crippen molar-refractivity contribution in [2.24, 2.45) is 0 Å². The van der Waals surface area contributed by atoms with Gasteiger partial charge in [0.2, 0.25) is 11.0 Å². The van der Waals surface area contributed by atoms with E-state index >= 15 is 0 Å². The number of nitrogens with zero attached hydrogens (tertiary/aromatic N) is 3. The summed E-state index contributed by atoms with van der Waals surface area (Å²) >= 11 is 0.727. The van der Waals surface area contributed by atoms with Crippen LogP contribution in [0.3, 0.4) is 0 Å². The Hall–Kier alpha value is -0.890. The van der Waals surface area contributed by atoms with Crippen molar-refractivity contribution in [1.82, 2.24) is 9.36 Å². The second-order valence-electron chi connectivity index (χ2n) is 3.57. The van der Waals surface area contributed by atoms with Crippen LogP contribution in [0.2, 0.25) is 0 Å². The molecule has 2 rings (SSSR count). The Bertz CT molecular complexity index is 368. The van der Waals surface area contributed by atoms with Gasteiger partial charge in [0, 0.05) is 18.1 Å². The average molecular weight is 253 g/mol. The Labute approximate surface area is 93.9 Å². The molecule has 1 aliphatic heterocycles. The van der Waals surface area contributed by atoms with Gasteiger partial charge in [-0.25, -0.2) is 0 Å². The van der Waals surface area contributed by atoms with Crippen molar-refractivity contribution in [3.8, 4) is 0 Å². The lowest BCUT2D eigenvalue weighted by atomic mass is 10.2. The molecule has 0 radical (unpaired) electrons. The summed E-state index contributed by atoms with van der Waals surface area (Å²) in [7, 11) is 0. The Morgan fingerprint density at radius 3 is 2.81 bits per heavy atom. The fourth-order valence-electron chi connectivity index (χ4n) is 1.72. The van der Waals surface area contributed by atoms with Crippen LogP contribution in [0.1, 0.15) is 18.7 Å². The van der Waals surface area contributed by atoms with E-state index in [1.807, 2.05) is 0 Å². The lowest BCUT2D eigenvalue weighted by molar-refractivity contribution is -0.144. The van der Waals surface area contributed by atoms with Crippen molar-refractivity contribution in [2.45, 2.75) is 25.1 Å². The maximum absolute atomic E-state index is 12.3. The number of aliphatic hydroxyl groups is 1. The van der Waals surface area contributed by atoms with Crippen molar-refractivity contribution >= 4 is 16.7 Å². The highest BCUT2D eigenvalue weighted by Crippen LogP contribution is 2.32. The van der Waals surface area contributed by atoms with Crippen LogP contribution in [0.25, 0.3) is 0 Å². The van der Waals surface area contributed by atoms with E-state index in [2.05, 4.69) is 9.36 Å². The Kier molecular flexibility index (Phi) is 3.02. The second-order valence-corrected chi connectivity index (χ2v) is 4.30. The van der Waals surface area contributed by atoms with Crippen LogP contribution in [0.4, 0.5) is 18.3 Å². The average Bonchev–Trinajstić information content (AvgIpc) is 2.84. The van der Waals surface area contributed by atoms with E-state index in [4.69, 9.17) is 5.11 Å². The Balaban J connectivity index is 2.18. The van der Waals surface area contributed by atoms with Gasteiger partial charge in [0.05, 0.1) is 12.6 Å². The predicted molar refractivity (Wildman–Crippen MR) is 52.4 cm³/mol. The zero-order valence-corrected chi connectivity index (χ0v) is 9.05. The Morgan fingerprint density at radius 1 is 1.50 bits per heavy atom. The number of aliphatic hydroxyl groups excluding tert-OH is 1. The third kappa shape index (κ3) is 2.12. The number of aromatic nitrogens is 2.